The maximum atomic E-state index is 11.0. The summed E-state index contributed by atoms with van der Waals surface area (Å²) in [5, 5.41) is 13.9. The molecule has 0 spiro atoms. The fourth-order valence-corrected chi connectivity index (χ4v) is 0.921. The zero-order valence-corrected chi connectivity index (χ0v) is 7.54. The van der Waals surface area contributed by atoms with E-state index in [1.807, 2.05) is 0 Å². The quantitative estimate of drug-likeness (QED) is 0.492. The third-order valence-corrected chi connectivity index (χ3v) is 1.47. The normalized spacial score (nSPS) is 10.1. The van der Waals surface area contributed by atoms with Crippen LogP contribution in [0.2, 0.25) is 0 Å². The Morgan fingerprint density at radius 3 is 3.00 bits per heavy atom. The van der Waals surface area contributed by atoms with Crippen LogP contribution in [-0.2, 0) is 16.1 Å². The number of hydrogen-bond donors (Lipinski definition) is 0. The predicted octanol–water partition coefficient (Wildman–Crippen LogP) is 0.00680. The first-order valence-corrected chi connectivity index (χ1v) is 3.81. The first kappa shape index (κ1) is 10.3. The van der Waals surface area contributed by atoms with Gasteiger partial charge in [-0.3, -0.25) is 19.6 Å². The van der Waals surface area contributed by atoms with E-state index in [0.29, 0.717) is 0 Å². The molecule has 0 aliphatic rings. The van der Waals surface area contributed by atoms with Crippen molar-refractivity contribution in [3.05, 3.63) is 22.5 Å². The van der Waals surface area contributed by atoms with Gasteiger partial charge in [0, 0.05) is 7.11 Å². The molecular weight excluding hydrogens is 190 g/mol. The molecule has 7 nitrogen and oxygen atoms in total. The lowest BCUT2D eigenvalue weighted by molar-refractivity contribution is -0.385. The lowest BCUT2D eigenvalue weighted by Crippen LogP contribution is -2.15. The van der Waals surface area contributed by atoms with Crippen molar-refractivity contribution in [2.45, 2.75) is 6.54 Å². The molecule has 1 aromatic rings. The summed E-state index contributed by atoms with van der Waals surface area (Å²) in [7, 11) is 1.41. The summed E-state index contributed by atoms with van der Waals surface area (Å²) in [5.41, 5.74) is -0.129. The maximum Gasteiger partial charge on any atom is 0.307 e. The highest BCUT2D eigenvalue weighted by Crippen LogP contribution is 2.07. The molecule has 0 radical (unpaired) electrons. The molecular formula is C7H9N3O4. The molecule has 0 N–H and O–H groups in total. The molecule has 0 saturated heterocycles. The van der Waals surface area contributed by atoms with Crippen LogP contribution in [0.25, 0.3) is 0 Å². The summed E-state index contributed by atoms with van der Waals surface area (Å²) in [6.45, 7) is -0.0324. The van der Waals surface area contributed by atoms with E-state index in [0.717, 1.165) is 6.20 Å². The van der Waals surface area contributed by atoms with Crippen LogP contribution < -0.4 is 0 Å². The van der Waals surface area contributed by atoms with Crippen molar-refractivity contribution in [1.82, 2.24) is 9.78 Å². The SMILES string of the molecule is COCC(=O)Cn1cc([N+](=O)[O-])cn1. The Morgan fingerprint density at radius 1 is 1.79 bits per heavy atom. The number of Topliss-reactive ketones (excluding diaryl/α,β-unsaturated/α-hetero) is 1. The molecule has 14 heavy (non-hydrogen) atoms. The number of nitro groups is 1. The van der Waals surface area contributed by atoms with E-state index in [-0.39, 0.29) is 24.6 Å². The van der Waals surface area contributed by atoms with Crippen LogP contribution in [0.3, 0.4) is 0 Å². The summed E-state index contributed by atoms with van der Waals surface area (Å²) in [6.07, 6.45) is 2.30. The van der Waals surface area contributed by atoms with E-state index in [2.05, 4.69) is 9.84 Å². The largest absolute Gasteiger partial charge is 0.377 e. The summed E-state index contributed by atoms with van der Waals surface area (Å²) < 4.78 is 5.81. The smallest absolute Gasteiger partial charge is 0.307 e. The van der Waals surface area contributed by atoms with Crippen LogP contribution in [0, 0.1) is 10.1 Å². The molecule has 7 heteroatoms. The van der Waals surface area contributed by atoms with Gasteiger partial charge < -0.3 is 4.74 Å². The first-order valence-electron chi connectivity index (χ1n) is 3.81. The van der Waals surface area contributed by atoms with Crippen molar-refractivity contribution in [2.75, 3.05) is 13.7 Å². The molecule has 0 fully saturated rings. The second-order valence-electron chi connectivity index (χ2n) is 2.62. The van der Waals surface area contributed by atoms with Gasteiger partial charge in [-0.25, -0.2) is 0 Å². The molecule has 1 aromatic heterocycles. The van der Waals surface area contributed by atoms with Crippen LogP contribution in [-0.4, -0.2) is 34.2 Å². The Hall–Kier alpha value is -1.76. The van der Waals surface area contributed by atoms with E-state index < -0.39 is 4.92 Å². The van der Waals surface area contributed by atoms with Gasteiger partial charge in [0.1, 0.15) is 25.5 Å². The molecule has 0 bridgehead atoms. The molecule has 0 atom stereocenters. The van der Waals surface area contributed by atoms with Gasteiger partial charge in [-0.2, -0.15) is 5.10 Å². The highest BCUT2D eigenvalue weighted by molar-refractivity contribution is 5.79. The Morgan fingerprint density at radius 2 is 2.50 bits per heavy atom. The molecule has 0 aliphatic heterocycles. The maximum absolute atomic E-state index is 11.0. The number of carbonyl (C=O) groups excluding carboxylic acids is 1. The Balaban J connectivity index is 2.59. The number of carbonyl (C=O) groups is 1. The monoisotopic (exact) mass is 199 g/mol. The number of nitrogens with zero attached hydrogens (tertiary/aromatic N) is 3. The summed E-state index contributed by atoms with van der Waals surface area (Å²) in [4.78, 5) is 20.7. The van der Waals surface area contributed by atoms with Crippen molar-refractivity contribution < 1.29 is 14.5 Å². The number of rotatable bonds is 5. The number of hydrogen-bond acceptors (Lipinski definition) is 5. The predicted molar refractivity (Wildman–Crippen MR) is 45.8 cm³/mol. The fraction of sp³-hybridized carbons (Fsp3) is 0.429. The minimum Gasteiger partial charge on any atom is -0.377 e. The van der Waals surface area contributed by atoms with Gasteiger partial charge >= 0.3 is 5.69 Å². The topological polar surface area (TPSA) is 87.3 Å². The third kappa shape index (κ3) is 2.63. The number of ether oxygens (including phenoxy) is 1. The van der Waals surface area contributed by atoms with Crippen LogP contribution in [0.5, 0.6) is 0 Å². The summed E-state index contributed by atoms with van der Waals surface area (Å²) in [6, 6.07) is 0. The van der Waals surface area contributed by atoms with Gasteiger partial charge in [-0.05, 0) is 0 Å². The molecule has 0 saturated carbocycles. The number of ketones is 1. The van der Waals surface area contributed by atoms with Gasteiger partial charge in [0.25, 0.3) is 0 Å². The third-order valence-electron chi connectivity index (χ3n) is 1.47. The standard InChI is InChI=1S/C7H9N3O4/c1-14-5-7(11)4-9-3-6(2-8-9)10(12)13/h2-3H,4-5H2,1H3. The van der Waals surface area contributed by atoms with Gasteiger partial charge in [0.15, 0.2) is 5.78 Å². The number of aromatic nitrogens is 2. The highest BCUT2D eigenvalue weighted by Gasteiger charge is 2.10. The van der Waals surface area contributed by atoms with Gasteiger partial charge in [-0.15, -0.1) is 0 Å². The lowest BCUT2D eigenvalue weighted by Gasteiger charge is -1.98. The van der Waals surface area contributed by atoms with Crippen molar-refractivity contribution in [3.8, 4) is 0 Å². The molecule has 1 heterocycles. The molecule has 0 aromatic carbocycles. The molecule has 0 unspecified atom stereocenters. The van der Waals surface area contributed by atoms with Gasteiger partial charge in [-0.1, -0.05) is 0 Å². The number of methoxy groups -OCH3 is 1. The second kappa shape index (κ2) is 4.47. The summed E-state index contributed by atoms with van der Waals surface area (Å²) >= 11 is 0. The average Bonchev–Trinajstić information content (AvgIpc) is 2.53. The first-order chi connectivity index (χ1) is 6.63. The van der Waals surface area contributed by atoms with E-state index >= 15 is 0 Å². The Bertz CT molecular complexity index is 346. The minimum absolute atomic E-state index is 0.0122. The molecule has 0 aliphatic carbocycles. The minimum atomic E-state index is -0.565. The zero-order chi connectivity index (χ0) is 10.6. The average molecular weight is 199 g/mol. The van der Waals surface area contributed by atoms with Gasteiger partial charge in [0.2, 0.25) is 0 Å². The van der Waals surface area contributed by atoms with Crippen molar-refractivity contribution in [2.24, 2.45) is 0 Å². The Labute approximate surface area is 79.4 Å². The highest BCUT2D eigenvalue weighted by atomic mass is 16.6. The molecule has 0 amide bonds. The zero-order valence-electron chi connectivity index (χ0n) is 7.54. The van der Waals surface area contributed by atoms with Crippen molar-refractivity contribution in [1.29, 1.82) is 0 Å². The van der Waals surface area contributed by atoms with Gasteiger partial charge in [0.05, 0.1) is 4.92 Å². The Kier molecular flexibility index (Phi) is 3.29. The van der Waals surface area contributed by atoms with Crippen LogP contribution in [0.1, 0.15) is 0 Å². The van der Waals surface area contributed by atoms with E-state index in [9.17, 15) is 14.9 Å². The van der Waals surface area contributed by atoms with Crippen molar-refractivity contribution in [3.63, 3.8) is 0 Å². The lowest BCUT2D eigenvalue weighted by atomic mass is 10.4. The second-order valence-corrected chi connectivity index (χ2v) is 2.62. The fourth-order valence-electron chi connectivity index (χ4n) is 0.921. The van der Waals surface area contributed by atoms with Crippen LogP contribution in [0.15, 0.2) is 12.4 Å². The van der Waals surface area contributed by atoms with Crippen molar-refractivity contribution >= 4 is 11.5 Å². The van der Waals surface area contributed by atoms with E-state index in [1.165, 1.54) is 18.0 Å². The van der Waals surface area contributed by atoms with E-state index in [4.69, 9.17) is 0 Å². The van der Waals surface area contributed by atoms with Crippen LogP contribution in [0.4, 0.5) is 5.69 Å². The molecule has 1 rings (SSSR count). The molecule has 76 valence electrons. The van der Waals surface area contributed by atoms with E-state index in [1.54, 1.807) is 0 Å². The van der Waals surface area contributed by atoms with Crippen LogP contribution >= 0.6 is 0 Å². The summed E-state index contributed by atoms with van der Waals surface area (Å²) in [5.74, 6) is -0.189.